The number of carbonyl (C=O) groups is 1. The van der Waals surface area contributed by atoms with Gasteiger partial charge in [0.15, 0.2) is 0 Å². The van der Waals surface area contributed by atoms with Gasteiger partial charge in [-0.25, -0.2) is 0 Å². The summed E-state index contributed by atoms with van der Waals surface area (Å²) in [7, 11) is 0. The first-order valence-corrected chi connectivity index (χ1v) is 4.84. The Balaban J connectivity index is 2.59. The molecular weight excluding hydrogens is 176 g/mol. The minimum atomic E-state index is -0.925. The number of Topliss-reactive ketones (excluding diaryl/α,β-unsaturated/α-hetero) is 1. The second kappa shape index (κ2) is 3.75. The fourth-order valence-corrected chi connectivity index (χ4v) is 2.15. The largest absolute Gasteiger partial charge is 0.388 e. The number of halogens is 1. The minimum Gasteiger partial charge on any atom is -0.388 e. The van der Waals surface area contributed by atoms with Crippen molar-refractivity contribution in [1.82, 2.24) is 0 Å². The first kappa shape index (κ1) is 10.0. The molecule has 0 amide bonds. The zero-order valence-corrected chi connectivity index (χ0v) is 8.10. The average Bonchev–Trinajstić information content (AvgIpc) is 1.94. The number of alkyl halides is 1. The Bertz CT molecular complexity index is 181. The standard InChI is InChI=1S/C9H15ClO2/c1-7(11)6-9(12)5-3-2-4-8(9)10/h8,12H,2-6H2,1H3/t8-,9-/m0/s1. The fourth-order valence-electron chi connectivity index (χ4n) is 1.81. The summed E-state index contributed by atoms with van der Waals surface area (Å²) in [4.78, 5) is 10.8. The molecule has 0 aliphatic heterocycles. The van der Waals surface area contributed by atoms with E-state index in [-0.39, 0.29) is 17.6 Å². The van der Waals surface area contributed by atoms with E-state index in [9.17, 15) is 9.90 Å². The Morgan fingerprint density at radius 3 is 2.83 bits per heavy atom. The van der Waals surface area contributed by atoms with Crippen molar-refractivity contribution in [2.45, 2.75) is 50.0 Å². The van der Waals surface area contributed by atoms with E-state index in [0.29, 0.717) is 6.42 Å². The Morgan fingerprint density at radius 2 is 2.33 bits per heavy atom. The van der Waals surface area contributed by atoms with E-state index in [1.165, 1.54) is 6.92 Å². The van der Waals surface area contributed by atoms with E-state index in [1.807, 2.05) is 0 Å². The van der Waals surface area contributed by atoms with Crippen molar-refractivity contribution >= 4 is 17.4 Å². The molecule has 70 valence electrons. The van der Waals surface area contributed by atoms with Crippen LogP contribution in [0, 0.1) is 0 Å². The third-order valence-electron chi connectivity index (χ3n) is 2.46. The van der Waals surface area contributed by atoms with Gasteiger partial charge in [0.1, 0.15) is 5.78 Å². The van der Waals surface area contributed by atoms with Gasteiger partial charge in [0.2, 0.25) is 0 Å². The van der Waals surface area contributed by atoms with Gasteiger partial charge >= 0.3 is 0 Å². The van der Waals surface area contributed by atoms with Crippen LogP contribution in [-0.2, 0) is 4.79 Å². The van der Waals surface area contributed by atoms with Crippen molar-refractivity contribution in [2.24, 2.45) is 0 Å². The summed E-state index contributed by atoms with van der Waals surface area (Å²) in [5.41, 5.74) is -0.925. The molecular formula is C9H15ClO2. The molecule has 2 atom stereocenters. The van der Waals surface area contributed by atoms with Crippen molar-refractivity contribution in [3.8, 4) is 0 Å². The van der Waals surface area contributed by atoms with E-state index < -0.39 is 5.60 Å². The van der Waals surface area contributed by atoms with Crippen LogP contribution in [0.5, 0.6) is 0 Å². The molecule has 0 aromatic carbocycles. The van der Waals surface area contributed by atoms with Gasteiger partial charge in [-0.3, -0.25) is 4.79 Å². The maximum Gasteiger partial charge on any atom is 0.132 e. The lowest BCUT2D eigenvalue weighted by Crippen LogP contribution is -2.43. The highest BCUT2D eigenvalue weighted by molar-refractivity contribution is 6.21. The summed E-state index contributed by atoms with van der Waals surface area (Å²) in [6.45, 7) is 1.50. The van der Waals surface area contributed by atoms with Gasteiger partial charge in [-0.1, -0.05) is 12.8 Å². The number of hydrogen-bond donors (Lipinski definition) is 1. The maximum atomic E-state index is 10.8. The van der Waals surface area contributed by atoms with E-state index >= 15 is 0 Å². The van der Waals surface area contributed by atoms with Crippen LogP contribution in [0.25, 0.3) is 0 Å². The molecule has 1 aliphatic rings. The molecule has 0 unspecified atom stereocenters. The monoisotopic (exact) mass is 190 g/mol. The van der Waals surface area contributed by atoms with Gasteiger partial charge in [0.05, 0.1) is 11.0 Å². The fraction of sp³-hybridized carbons (Fsp3) is 0.889. The Morgan fingerprint density at radius 1 is 1.67 bits per heavy atom. The SMILES string of the molecule is CC(=O)C[C@@]1(O)CCCC[C@@H]1Cl. The molecule has 12 heavy (non-hydrogen) atoms. The van der Waals surface area contributed by atoms with Crippen LogP contribution in [0.2, 0.25) is 0 Å². The molecule has 0 bridgehead atoms. The molecule has 1 rings (SSSR count). The maximum absolute atomic E-state index is 10.8. The Hall–Kier alpha value is -0.0800. The quantitative estimate of drug-likeness (QED) is 0.676. The van der Waals surface area contributed by atoms with Crippen LogP contribution in [0.4, 0.5) is 0 Å². The molecule has 0 saturated heterocycles. The first-order valence-electron chi connectivity index (χ1n) is 4.40. The van der Waals surface area contributed by atoms with Crippen LogP contribution in [0.15, 0.2) is 0 Å². The molecule has 0 heterocycles. The summed E-state index contributed by atoms with van der Waals surface area (Å²) < 4.78 is 0. The number of aliphatic hydroxyl groups is 1. The van der Waals surface area contributed by atoms with E-state index in [2.05, 4.69) is 0 Å². The van der Waals surface area contributed by atoms with Gasteiger partial charge in [0.25, 0.3) is 0 Å². The lowest BCUT2D eigenvalue weighted by atomic mass is 9.81. The summed E-state index contributed by atoms with van der Waals surface area (Å²) in [6.07, 6.45) is 3.74. The molecule has 1 aliphatic carbocycles. The Labute approximate surface area is 77.9 Å². The first-order chi connectivity index (χ1) is 5.54. The van der Waals surface area contributed by atoms with Crippen LogP contribution in [-0.4, -0.2) is 21.9 Å². The van der Waals surface area contributed by atoms with Crippen molar-refractivity contribution < 1.29 is 9.90 Å². The van der Waals surface area contributed by atoms with Gasteiger partial charge in [-0.2, -0.15) is 0 Å². The number of ketones is 1. The molecule has 0 spiro atoms. The third kappa shape index (κ3) is 2.20. The van der Waals surface area contributed by atoms with Crippen molar-refractivity contribution in [2.75, 3.05) is 0 Å². The lowest BCUT2D eigenvalue weighted by molar-refractivity contribution is -0.123. The van der Waals surface area contributed by atoms with Crippen molar-refractivity contribution in [1.29, 1.82) is 0 Å². The predicted octanol–water partition coefficient (Wildman–Crippen LogP) is 1.88. The lowest BCUT2D eigenvalue weighted by Gasteiger charge is -2.35. The van der Waals surface area contributed by atoms with Gasteiger partial charge in [-0.15, -0.1) is 11.6 Å². The number of rotatable bonds is 2. The second-order valence-electron chi connectivity index (χ2n) is 3.70. The van der Waals surface area contributed by atoms with Crippen LogP contribution in [0.1, 0.15) is 39.0 Å². The zero-order chi connectivity index (χ0) is 9.19. The van der Waals surface area contributed by atoms with Gasteiger partial charge in [0, 0.05) is 6.42 Å². The van der Waals surface area contributed by atoms with Gasteiger partial charge < -0.3 is 5.11 Å². The molecule has 1 saturated carbocycles. The topological polar surface area (TPSA) is 37.3 Å². The smallest absolute Gasteiger partial charge is 0.132 e. The number of carbonyl (C=O) groups excluding carboxylic acids is 1. The molecule has 1 N–H and O–H groups in total. The highest BCUT2D eigenvalue weighted by atomic mass is 35.5. The molecule has 0 radical (unpaired) electrons. The molecule has 0 aromatic rings. The zero-order valence-electron chi connectivity index (χ0n) is 7.35. The molecule has 0 aromatic heterocycles. The second-order valence-corrected chi connectivity index (χ2v) is 4.22. The average molecular weight is 191 g/mol. The Kier molecular flexibility index (Phi) is 3.13. The normalized spacial score (nSPS) is 36.4. The van der Waals surface area contributed by atoms with Crippen molar-refractivity contribution in [3.05, 3.63) is 0 Å². The highest BCUT2D eigenvalue weighted by Gasteiger charge is 2.38. The van der Waals surface area contributed by atoms with Crippen LogP contribution < -0.4 is 0 Å². The van der Waals surface area contributed by atoms with Crippen LogP contribution in [0.3, 0.4) is 0 Å². The predicted molar refractivity (Wildman–Crippen MR) is 48.4 cm³/mol. The summed E-state index contributed by atoms with van der Waals surface area (Å²) in [6, 6.07) is 0. The van der Waals surface area contributed by atoms with Gasteiger partial charge in [-0.05, 0) is 19.8 Å². The molecule has 1 fully saturated rings. The highest BCUT2D eigenvalue weighted by Crippen LogP contribution is 2.34. The van der Waals surface area contributed by atoms with E-state index in [4.69, 9.17) is 11.6 Å². The van der Waals surface area contributed by atoms with E-state index in [0.717, 1.165) is 19.3 Å². The molecule has 2 nitrogen and oxygen atoms in total. The minimum absolute atomic E-state index is 0.0186. The van der Waals surface area contributed by atoms with Crippen molar-refractivity contribution in [3.63, 3.8) is 0 Å². The summed E-state index contributed by atoms with van der Waals surface area (Å²) in [5, 5.41) is 9.72. The summed E-state index contributed by atoms with van der Waals surface area (Å²) >= 11 is 5.97. The summed E-state index contributed by atoms with van der Waals surface area (Å²) in [5.74, 6) is 0.0186. The number of hydrogen-bond acceptors (Lipinski definition) is 2. The van der Waals surface area contributed by atoms with E-state index in [1.54, 1.807) is 0 Å². The molecule has 3 heteroatoms. The van der Waals surface area contributed by atoms with Crippen LogP contribution >= 0.6 is 11.6 Å². The third-order valence-corrected chi connectivity index (χ3v) is 3.08.